The molecular formula is C11H13BrN4. The van der Waals surface area contributed by atoms with Crippen LogP contribution in [0, 0.1) is 0 Å². The van der Waals surface area contributed by atoms with Gasteiger partial charge in [-0.05, 0) is 35.8 Å². The quantitative estimate of drug-likeness (QED) is 0.920. The summed E-state index contributed by atoms with van der Waals surface area (Å²) < 4.78 is 2.86. The van der Waals surface area contributed by atoms with Gasteiger partial charge >= 0.3 is 0 Å². The normalized spacial score (nSPS) is 11.0. The van der Waals surface area contributed by atoms with Crippen LogP contribution in [0.3, 0.4) is 0 Å². The van der Waals surface area contributed by atoms with Crippen LogP contribution in [0.15, 0.2) is 29.3 Å². The molecule has 84 valence electrons. The SMILES string of the molecule is CC(C)n1cnc(-c2cncc(Br)c2)c1N. The summed E-state index contributed by atoms with van der Waals surface area (Å²) in [6.45, 7) is 4.14. The molecule has 2 aromatic heterocycles. The molecule has 0 radical (unpaired) electrons. The molecule has 0 fully saturated rings. The fraction of sp³-hybridized carbons (Fsp3) is 0.273. The van der Waals surface area contributed by atoms with Crippen LogP contribution in [-0.2, 0) is 0 Å². The Hall–Kier alpha value is -1.36. The van der Waals surface area contributed by atoms with E-state index in [1.54, 1.807) is 18.7 Å². The summed E-state index contributed by atoms with van der Waals surface area (Å²) in [6, 6.07) is 2.26. The van der Waals surface area contributed by atoms with Gasteiger partial charge in [0.1, 0.15) is 11.5 Å². The second kappa shape index (κ2) is 4.25. The van der Waals surface area contributed by atoms with Crippen molar-refractivity contribution in [3.05, 3.63) is 29.3 Å². The van der Waals surface area contributed by atoms with Crippen LogP contribution < -0.4 is 5.73 Å². The van der Waals surface area contributed by atoms with Gasteiger partial charge in [0.05, 0.1) is 6.33 Å². The zero-order valence-corrected chi connectivity index (χ0v) is 10.8. The monoisotopic (exact) mass is 280 g/mol. The lowest BCUT2D eigenvalue weighted by Gasteiger charge is -2.08. The number of halogens is 1. The predicted molar refractivity (Wildman–Crippen MR) is 68.0 cm³/mol. The van der Waals surface area contributed by atoms with E-state index in [0.717, 1.165) is 15.7 Å². The largest absolute Gasteiger partial charge is 0.383 e. The van der Waals surface area contributed by atoms with Crippen LogP contribution in [-0.4, -0.2) is 14.5 Å². The second-order valence-corrected chi connectivity index (χ2v) is 4.79. The van der Waals surface area contributed by atoms with Gasteiger partial charge in [0.2, 0.25) is 0 Å². The molecule has 0 amide bonds. The third-order valence-corrected chi connectivity index (χ3v) is 2.80. The Morgan fingerprint density at radius 3 is 2.69 bits per heavy atom. The van der Waals surface area contributed by atoms with E-state index in [1.807, 2.05) is 10.6 Å². The molecule has 0 aliphatic carbocycles. The van der Waals surface area contributed by atoms with Crippen molar-refractivity contribution < 1.29 is 0 Å². The molecule has 0 saturated carbocycles. The van der Waals surface area contributed by atoms with Gasteiger partial charge in [0, 0.05) is 28.5 Å². The van der Waals surface area contributed by atoms with E-state index in [4.69, 9.17) is 5.73 Å². The van der Waals surface area contributed by atoms with Crippen molar-refractivity contribution >= 4 is 21.7 Å². The third kappa shape index (κ3) is 1.95. The van der Waals surface area contributed by atoms with Crippen LogP contribution in [0.25, 0.3) is 11.3 Å². The topological polar surface area (TPSA) is 56.7 Å². The van der Waals surface area contributed by atoms with Crippen molar-refractivity contribution in [3.8, 4) is 11.3 Å². The lowest BCUT2D eigenvalue weighted by atomic mass is 10.2. The number of rotatable bonds is 2. The second-order valence-electron chi connectivity index (χ2n) is 3.87. The van der Waals surface area contributed by atoms with E-state index in [2.05, 4.69) is 39.7 Å². The molecule has 2 heterocycles. The van der Waals surface area contributed by atoms with E-state index < -0.39 is 0 Å². The van der Waals surface area contributed by atoms with Gasteiger partial charge in [-0.1, -0.05) is 0 Å². The number of aromatic nitrogens is 3. The van der Waals surface area contributed by atoms with E-state index in [9.17, 15) is 0 Å². The lowest BCUT2D eigenvalue weighted by molar-refractivity contribution is 0.607. The van der Waals surface area contributed by atoms with Gasteiger partial charge in [0.15, 0.2) is 0 Å². The highest BCUT2D eigenvalue weighted by atomic mass is 79.9. The molecule has 0 bridgehead atoms. The Labute approximate surface area is 103 Å². The molecule has 4 nitrogen and oxygen atoms in total. The first kappa shape index (κ1) is 11.1. The third-order valence-electron chi connectivity index (χ3n) is 2.37. The van der Waals surface area contributed by atoms with Gasteiger partial charge in [-0.2, -0.15) is 0 Å². The van der Waals surface area contributed by atoms with Crippen LogP contribution in [0.1, 0.15) is 19.9 Å². The Morgan fingerprint density at radius 2 is 2.12 bits per heavy atom. The number of hydrogen-bond acceptors (Lipinski definition) is 3. The Morgan fingerprint density at radius 1 is 1.38 bits per heavy atom. The highest BCUT2D eigenvalue weighted by Crippen LogP contribution is 2.27. The molecule has 2 N–H and O–H groups in total. The number of imidazole rings is 1. The molecule has 2 rings (SSSR count). The number of anilines is 1. The smallest absolute Gasteiger partial charge is 0.131 e. The summed E-state index contributed by atoms with van der Waals surface area (Å²) in [5.74, 6) is 0.676. The minimum atomic E-state index is 0.307. The average molecular weight is 281 g/mol. The van der Waals surface area contributed by atoms with Gasteiger partial charge < -0.3 is 10.3 Å². The van der Waals surface area contributed by atoms with Crippen LogP contribution in [0.2, 0.25) is 0 Å². The standard InChI is InChI=1S/C11H13BrN4/c1-7(2)16-6-15-10(11(16)13)8-3-9(12)5-14-4-8/h3-7H,13H2,1-2H3. The summed E-state index contributed by atoms with van der Waals surface area (Å²) in [5.41, 5.74) is 7.75. The Kier molecular flexibility index (Phi) is 2.96. The maximum atomic E-state index is 6.04. The maximum absolute atomic E-state index is 6.04. The molecule has 16 heavy (non-hydrogen) atoms. The zero-order valence-electron chi connectivity index (χ0n) is 9.18. The van der Waals surface area contributed by atoms with Gasteiger partial charge in [-0.15, -0.1) is 0 Å². The van der Waals surface area contributed by atoms with E-state index in [0.29, 0.717) is 11.9 Å². The zero-order chi connectivity index (χ0) is 11.7. The van der Waals surface area contributed by atoms with E-state index in [1.165, 1.54) is 0 Å². The molecule has 0 aliphatic heterocycles. The fourth-order valence-electron chi connectivity index (χ4n) is 1.55. The van der Waals surface area contributed by atoms with Crippen LogP contribution in [0.4, 0.5) is 5.82 Å². The summed E-state index contributed by atoms with van der Waals surface area (Å²) in [6.07, 6.45) is 5.25. The first-order valence-corrected chi connectivity index (χ1v) is 5.82. The molecule has 0 spiro atoms. The average Bonchev–Trinajstić information content (AvgIpc) is 2.60. The molecule has 0 aromatic carbocycles. The Balaban J connectivity index is 2.49. The van der Waals surface area contributed by atoms with Crippen molar-refractivity contribution in [2.45, 2.75) is 19.9 Å². The van der Waals surface area contributed by atoms with Crippen LogP contribution in [0.5, 0.6) is 0 Å². The van der Waals surface area contributed by atoms with Crippen molar-refractivity contribution in [1.29, 1.82) is 0 Å². The lowest BCUT2D eigenvalue weighted by Crippen LogP contribution is -2.04. The molecule has 2 aromatic rings. The van der Waals surface area contributed by atoms with Gasteiger partial charge in [0.25, 0.3) is 0 Å². The molecule has 0 unspecified atom stereocenters. The van der Waals surface area contributed by atoms with Crippen molar-refractivity contribution in [2.24, 2.45) is 0 Å². The maximum Gasteiger partial charge on any atom is 0.131 e. The van der Waals surface area contributed by atoms with Crippen LogP contribution >= 0.6 is 15.9 Å². The summed E-state index contributed by atoms with van der Waals surface area (Å²) in [4.78, 5) is 8.43. The number of nitrogens with two attached hydrogens (primary N) is 1. The summed E-state index contributed by atoms with van der Waals surface area (Å²) in [7, 11) is 0. The van der Waals surface area contributed by atoms with E-state index >= 15 is 0 Å². The minimum absolute atomic E-state index is 0.307. The molecule has 0 aliphatic rings. The Bertz CT molecular complexity index is 504. The molecule has 0 saturated heterocycles. The summed E-state index contributed by atoms with van der Waals surface area (Å²) >= 11 is 3.38. The van der Waals surface area contributed by atoms with Crippen molar-refractivity contribution in [1.82, 2.24) is 14.5 Å². The van der Waals surface area contributed by atoms with Crippen molar-refractivity contribution in [2.75, 3.05) is 5.73 Å². The van der Waals surface area contributed by atoms with Crippen molar-refractivity contribution in [3.63, 3.8) is 0 Å². The molecule has 0 atom stereocenters. The molecule has 5 heteroatoms. The fourth-order valence-corrected chi connectivity index (χ4v) is 1.91. The number of nitrogen functional groups attached to an aromatic ring is 1. The number of hydrogen-bond donors (Lipinski definition) is 1. The first-order chi connectivity index (χ1) is 7.59. The summed E-state index contributed by atoms with van der Waals surface area (Å²) in [5, 5.41) is 0. The van der Waals surface area contributed by atoms with Gasteiger partial charge in [-0.3, -0.25) is 4.98 Å². The number of pyridine rings is 1. The predicted octanol–water partition coefficient (Wildman–Crippen LogP) is 2.87. The molecular weight excluding hydrogens is 268 g/mol. The minimum Gasteiger partial charge on any atom is -0.383 e. The van der Waals surface area contributed by atoms with Gasteiger partial charge in [-0.25, -0.2) is 4.98 Å². The highest BCUT2D eigenvalue weighted by Gasteiger charge is 2.11. The highest BCUT2D eigenvalue weighted by molar-refractivity contribution is 9.10. The first-order valence-electron chi connectivity index (χ1n) is 5.03. The number of nitrogens with zero attached hydrogens (tertiary/aromatic N) is 3. The van der Waals surface area contributed by atoms with E-state index in [-0.39, 0.29) is 0 Å².